The van der Waals surface area contributed by atoms with E-state index in [-0.39, 0.29) is 42.1 Å². The minimum atomic E-state index is -4.24. The Morgan fingerprint density at radius 2 is 1.92 bits per heavy atom. The molecule has 0 radical (unpaired) electrons. The van der Waals surface area contributed by atoms with Gasteiger partial charge in [0, 0.05) is 26.2 Å². The van der Waals surface area contributed by atoms with E-state index in [9.17, 15) is 18.0 Å². The van der Waals surface area contributed by atoms with Crippen LogP contribution in [0.2, 0.25) is 5.02 Å². The molecule has 2 heterocycles. The van der Waals surface area contributed by atoms with Gasteiger partial charge in [-0.2, -0.15) is 13.2 Å². The quantitative estimate of drug-likeness (QED) is 0.868. The van der Waals surface area contributed by atoms with Gasteiger partial charge in [0.05, 0.1) is 28.5 Å². The predicted octanol–water partition coefficient (Wildman–Crippen LogP) is 1.89. The second-order valence-electron chi connectivity index (χ2n) is 6.35. The summed E-state index contributed by atoms with van der Waals surface area (Å²) in [5, 5.41) is 2.24. The minimum absolute atomic E-state index is 0.185. The molecule has 142 valence electrons. The molecule has 1 fully saturated rings. The maximum atomic E-state index is 13.0. The van der Waals surface area contributed by atoms with Crippen LogP contribution in [0.3, 0.4) is 0 Å². The van der Waals surface area contributed by atoms with Crippen molar-refractivity contribution in [1.82, 2.24) is 14.6 Å². The van der Waals surface area contributed by atoms with E-state index in [1.165, 1.54) is 9.58 Å². The molecule has 1 aliphatic heterocycles. The first kappa shape index (κ1) is 18.9. The Morgan fingerprint density at radius 3 is 2.50 bits per heavy atom. The number of piperazine rings is 1. The maximum Gasteiger partial charge on any atom is 0.401 e. The highest BCUT2D eigenvalue weighted by atomic mass is 35.5. The van der Waals surface area contributed by atoms with Gasteiger partial charge in [-0.05, 0) is 19.1 Å². The Balaban J connectivity index is 1.97. The molecule has 0 bridgehead atoms. The van der Waals surface area contributed by atoms with E-state index in [1.54, 1.807) is 30.1 Å². The Hall–Kier alpha value is -1.84. The molecule has 0 spiro atoms. The van der Waals surface area contributed by atoms with Crippen molar-refractivity contribution in [2.75, 3.05) is 37.7 Å². The molecule has 2 N–H and O–H groups in total. The lowest BCUT2D eigenvalue weighted by atomic mass is 10.2. The van der Waals surface area contributed by atoms with Gasteiger partial charge >= 0.3 is 6.18 Å². The van der Waals surface area contributed by atoms with Crippen molar-refractivity contribution < 1.29 is 13.2 Å². The highest BCUT2D eigenvalue weighted by molar-refractivity contribution is 6.35. The summed E-state index contributed by atoms with van der Waals surface area (Å²) in [7, 11) is 0. The summed E-state index contributed by atoms with van der Waals surface area (Å²) in [6.07, 6.45) is -4.24. The van der Waals surface area contributed by atoms with Gasteiger partial charge in [0.1, 0.15) is 5.82 Å². The average Bonchev–Trinajstić information content (AvgIpc) is 2.54. The normalized spacial score (nSPS) is 17.7. The molecule has 1 aromatic carbocycles. The van der Waals surface area contributed by atoms with Crippen molar-refractivity contribution in [2.24, 2.45) is 5.73 Å². The van der Waals surface area contributed by atoms with Crippen LogP contribution < -0.4 is 16.3 Å². The fourth-order valence-electron chi connectivity index (χ4n) is 3.12. The molecule has 1 aromatic heterocycles. The summed E-state index contributed by atoms with van der Waals surface area (Å²) in [4.78, 5) is 18.8. The summed E-state index contributed by atoms with van der Waals surface area (Å²) in [6, 6.07) is 4.45. The van der Waals surface area contributed by atoms with Crippen molar-refractivity contribution in [3.05, 3.63) is 39.4 Å². The highest BCUT2D eigenvalue weighted by Gasteiger charge is 2.33. The second-order valence-corrected chi connectivity index (χ2v) is 6.76. The van der Waals surface area contributed by atoms with E-state index >= 15 is 0 Å². The molecule has 1 unspecified atom stereocenters. The molecule has 1 aliphatic rings. The predicted molar refractivity (Wildman–Crippen MR) is 94.1 cm³/mol. The molecule has 6 nitrogen and oxygen atoms in total. The summed E-state index contributed by atoms with van der Waals surface area (Å²) in [5.74, 6) is 0.356. The lowest BCUT2D eigenvalue weighted by Gasteiger charge is -2.38. The number of benzene rings is 1. The Labute approximate surface area is 152 Å². The summed E-state index contributed by atoms with van der Waals surface area (Å²) in [6.45, 7) is 1.63. The number of alkyl halides is 3. The van der Waals surface area contributed by atoms with Gasteiger partial charge in [-0.1, -0.05) is 17.7 Å². The van der Waals surface area contributed by atoms with Crippen LogP contribution in [0, 0.1) is 0 Å². The fraction of sp³-hybridized carbons (Fsp3) is 0.500. The van der Waals surface area contributed by atoms with Crippen molar-refractivity contribution in [3.63, 3.8) is 0 Å². The van der Waals surface area contributed by atoms with Gasteiger partial charge in [0.2, 0.25) is 0 Å². The molecule has 1 saturated heterocycles. The van der Waals surface area contributed by atoms with Gasteiger partial charge < -0.3 is 10.7 Å². The van der Waals surface area contributed by atoms with Crippen LogP contribution in [0.25, 0.3) is 10.9 Å². The second kappa shape index (κ2) is 7.05. The van der Waals surface area contributed by atoms with Gasteiger partial charge in [-0.3, -0.25) is 9.69 Å². The molecule has 26 heavy (non-hydrogen) atoms. The zero-order valence-corrected chi connectivity index (χ0v) is 14.9. The molecule has 0 aliphatic carbocycles. The third-order valence-corrected chi connectivity index (χ3v) is 4.61. The number of aromatic nitrogens is 2. The molecule has 1 atom stereocenters. The van der Waals surface area contributed by atoms with Crippen LogP contribution >= 0.6 is 11.6 Å². The summed E-state index contributed by atoms with van der Waals surface area (Å²) >= 11 is 6.16. The number of hydrogen-bond acceptors (Lipinski definition) is 5. The van der Waals surface area contributed by atoms with Gasteiger partial charge in [0.25, 0.3) is 5.56 Å². The lowest BCUT2D eigenvalue weighted by Crippen LogP contribution is -2.56. The molecule has 2 aromatic rings. The van der Waals surface area contributed by atoms with Gasteiger partial charge in [-0.25, -0.2) is 9.66 Å². The van der Waals surface area contributed by atoms with Crippen LogP contribution in [-0.4, -0.2) is 53.5 Å². The van der Waals surface area contributed by atoms with Gasteiger partial charge in [-0.15, -0.1) is 0 Å². The smallest absolute Gasteiger partial charge is 0.322 e. The monoisotopic (exact) mass is 389 g/mol. The van der Waals surface area contributed by atoms with Crippen LogP contribution in [0.1, 0.15) is 18.8 Å². The zero-order valence-electron chi connectivity index (χ0n) is 14.1. The summed E-state index contributed by atoms with van der Waals surface area (Å²) < 4.78 is 39.0. The number of nitrogens with zero attached hydrogens (tertiary/aromatic N) is 4. The maximum absolute atomic E-state index is 13.0. The molecule has 0 saturated carbocycles. The van der Waals surface area contributed by atoms with Crippen molar-refractivity contribution >= 4 is 22.5 Å². The van der Waals surface area contributed by atoms with Gasteiger partial charge in [0.15, 0.2) is 0 Å². The first-order valence-corrected chi connectivity index (χ1v) is 8.56. The largest absolute Gasteiger partial charge is 0.401 e. The van der Waals surface area contributed by atoms with E-state index in [4.69, 9.17) is 17.3 Å². The number of halogens is 4. The summed E-state index contributed by atoms with van der Waals surface area (Å²) in [5.41, 5.74) is 6.07. The lowest BCUT2D eigenvalue weighted by molar-refractivity contribution is -0.146. The fourth-order valence-corrected chi connectivity index (χ4v) is 3.37. The molecule has 10 heteroatoms. The number of hydrogen-bond donors (Lipinski definition) is 1. The van der Waals surface area contributed by atoms with Crippen molar-refractivity contribution in [1.29, 1.82) is 0 Å². The third-order valence-electron chi connectivity index (χ3n) is 4.29. The number of rotatable bonds is 3. The zero-order chi connectivity index (χ0) is 19.1. The van der Waals surface area contributed by atoms with Crippen LogP contribution in [0.15, 0.2) is 23.0 Å². The van der Waals surface area contributed by atoms with E-state index in [2.05, 4.69) is 4.98 Å². The molecular weight excluding hydrogens is 371 g/mol. The number of nitrogens with two attached hydrogens (primary N) is 1. The Bertz CT molecular complexity index is 859. The van der Waals surface area contributed by atoms with E-state index in [1.807, 2.05) is 0 Å². The third kappa shape index (κ3) is 3.79. The highest BCUT2D eigenvalue weighted by Crippen LogP contribution is 2.21. The van der Waals surface area contributed by atoms with Crippen LogP contribution in [0.4, 0.5) is 13.2 Å². The molecule has 3 rings (SSSR count). The van der Waals surface area contributed by atoms with Crippen molar-refractivity contribution in [3.8, 4) is 0 Å². The van der Waals surface area contributed by atoms with E-state index in [0.717, 1.165) is 0 Å². The Morgan fingerprint density at radius 1 is 1.27 bits per heavy atom. The average molecular weight is 390 g/mol. The van der Waals surface area contributed by atoms with Crippen LogP contribution in [0.5, 0.6) is 0 Å². The first-order valence-electron chi connectivity index (χ1n) is 8.18. The van der Waals surface area contributed by atoms with Crippen molar-refractivity contribution in [2.45, 2.75) is 19.1 Å². The number of fused-ring (bicyclic) bond motifs is 1. The molecular formula is C16H19ClF3N5O. The standard InChI is InChI=1S/C16H19ClF3N5O/c1-10(21)14-22-12-4-2-3-11(17)13(12)15(26)25(14)24-7-5-23(6-8-24)9-16(18,19)20/h2-4,10H,5-9,21H2,1H3. The van der Waals surface area contributed by atoms with E-state index < -0.39 is 18.8 Å². The first-order chi connectivity index (χ1) is 12.2. The SMILES string of the molecule is CC(N)c1nc2cccc(Cl)c2c(=O)n1N1CCN(CC(F)(F)F)CC1. The molecule has 0 amide bonds. The van der Waals surface area contributed by atoms with E-state index in [0.29, 0.717) is 11.3 Å². The topological polar surface area (TPSA) is 67.4 Å². The van der Waals surface area contributed by atoms with Crippen LogP contribution in [-0.2, 0) is 0 Å². The minimum Gasteiger partial charge on any atom is -0.322 e. The Kier molecular flexibility index (Phi) is 5.14.